The van der Waals surface area contributed by atoms with Gasteiger partial charge in [0, 0.05) is 61.9 Å². The summed E-state index contributed by atoms with van der Waals surface area (Å²) in [7, 11) is 3.02. The molecule has 0 bridgehead atoms. The van der Waals surface area contributed by atoms with Crippen molar-refractivity contribution >= 4 is 70.4 Å². The molecule has 5 aliphatic rings. The number of hydrogen-bond acceptors (Lipinski definition) is 13. The molecule has 5 amide bonds. The van der Waals surface area contributed by atoms with Gasteiger partial charge in [0.05, 0.1) is 62.0 Å². The molecular formula is C51H51N7O12. The Morgan fingerprint density at radius 2 is 1.24 bits per heavy atom. The molecule has 0 fully saturated rings. The largest absolute Gasteiger partial charge is 0.493 e. The average molecular weight is 954 g/mol. The summed E-state index contributed by atoms with van der Waals surface area (Å²) >= 11 is 0. The molecule has 5 heterocycles. The first kappa shape index (κ1) is 46.7. The van der Waals surface area contributed by atoms with Crippen molar-refractivity contribution in [1.29, 1.82) is 0 Å². The first-order valence-corrected chi connectivity index (χ1v) is 22.7. The second kappa shape index (κ2) is 19.7. The number of methoxy groups -OCH3 is 2. The number of nitrogens with zero attached hydrogens (tertiary/aromatic N) is 4. The lowest BCUT2D eigenvalue weighted by Gasteiger charge is -2.22. The number of benzene rings is 4. The summed E-state index contributed by atoms with van der Waals surface area (Å²) in [4.78, 5) is 77.3. The molecule has 9 rings (SSSR count). The Morgan fingerprint density at radius 3 is 1.79 bits per heavy atom. The van der Waals surface area contributed by atoms with E-state index >= 15 is 0 Å². The standard InChI is InChI=1S/C51H51N7O12/c1-27(2)46(56-51(63)64)48(60)54-28(3)47(59)55-33-10-7-29(8-11-33)31-15-34-22-52-38-20-44(41(65-4)18-36(38)49(61)57(34)24-31)67-13-6-14-68-45-21-39-37(19-42(45)66-5)50(62)58-25-32(16-35(58)23-53-39)30-9-12-40-43(17-30)70-26-69-40/h7-12,17-25,27-28,34-35,46,56H,6,13-16,26H2,1-5H3,(H,54,60)(H,55,59)(H,63,64)/t28-,34-,35-,46-/m0/s1. The maximum atomic E-state index is 14.0. The van der Waals surface area contributed by atoms with Gasteiger partial charge >= 0.3 is 6.09 Å². The Balaban J connectivity index is 0.788. The molecule has 362 valence electrons. The summed E-state index contributed by atoms with van der Waals surface area (Å²) < 4.78 is 34.6. The normalized spacial score (nSPS) is 18.0. The molecule has 4 atom stereocenters. The highest BCUT2D eigenvalue weighted by atomic mass is 16.7. The van der Waals surface area contributed by atoms with Crippen molar-refractivity contribution in [2.45, 2.75) is 64.2 Å². The molecule has 0 saturated carbocycles. The van der Waals surface area contributed by atoms with Crippen molar-refractivity contribution in [3.8, 4) is 34.5 Å². The van der Waals surface area contributed by atoms with Crippen LogP contribution in [0.15, 0.2) is 89.1 Å². The number of ether oxygens (including phenoxy) is 6. The molecule has 0 saturated heterocycles. The average Bonchev–Trinajstić information content (AvgIpc) is 4.09. The van der Waals surface area contributed by atoms with Crippen LogP contribution in [0.3, 0.4) is 0 Å². The van der Waals surface area contributed by atoms with Gasteiger partial charge < -0.3 is 59.3 Å². The van der Waals surface area contributed by atoms with E-state index in [2.05, 4.69) is 16.0 Å². The molecule has 0 radical (unpaired) electrons. The minimum atomic E-state index is -1.33. The number of hydrogen-bond donors (Lipinski definition) is 4. The van der Waals surface area contributed by atoms with Gasteiger partial charge in [0.15, 0.2) is 34.5 Å². The molecule has 4 aromatic rings. The van der Waals surface area contributed by atoms with Crippen LogP contribution in [0.5, 0.6) is 34.5 Å². The molecule has 4 N–H and O–H groups in total. The third-order valence-electron chi connectivity index (χ3n) is 12.5. The summed E-state index contributed by atoms with van der Waals surface area (Å²) in [5.74, 6) is 1.11. The van der Waals surface area contributed by atoms with Gasteiger partial charge in [-0.2, -0.15) is 0 Å². The maximum absolute atomic E-state index is 14.0. The Labute approximate surface area is 402 Å². The van der Waals surface area contributed by atoms with E-state index in [-0.39, 0.29) is 49.8 Å². The number of carbonyl (C=O) groups excluding carboxylic acids is 4. The van der Waals surface area contributed by atoms with E-state index in [4.69, 9.17) is 43.5 Å². The third-order valence-corrected chi connectivity index (χ3v) is 12.5. The Kier molecular flexibility index (Phi) is 13.2. The predicted molar refractivity (Wildman–Crippen MR) is 258 cm³/mol. The zero-order chi connectivity index (χ0) is 49.2. The predicted octanol–water partition coefficient (Wildman–Crippen LogP) is 6.96. The second-order valence-electron chi connectivity index (χ2n) is 17.5. The number of fused-ring (bicyclic) bond motifs is 5. The molecule has 19 heteroatoms. The van der Waals surface area contributed by atoms with Gasteiger partial charge in [-0.05, 0) is 71.5 Å². The van der Waals surface area contributed by atoms with E-state index in [0.717, 1.165) is 22.3 Å². The zero-order valence-electron chi connectivity index (χ0n) is 39.0. The molecule has 0 spiro atoms. The quantitative estimate of drug-likeness (QED) is 0.0836. The van der Waals surface area contributed by atoms with Crippen LogP contribution < -0.4 is 44.4 Å². The fraction of sp³-hybridized carbons (Fsp3) is 0.314. The molecule has 19 nitrogen and oxygen atoms in total. The molecule has 70 heavy (non-hydrogen) atoms. The van der Waals surface area contributed by atoms with Crippen LogP contribution in [0.1, 0.15) is 71.9 Å². The summed E-state index contributed by atoms with van der Waals surface area (Å²) in [5.41, 5.74) is 5.82. The zero-order valence-corrected chi connectivity index (χ0v) is 39.0. The molecular weight excluding hydrogens is 903 g/mol. The fourth-order valence-electron chi connectivity index (χ4n) is 8.72. The number of amides is 5. The second-order valence-corrected chi connectivity index (χ2v) is 17.5. The van der Waals surface area contributed by atoms with Crippen molar-refractivity contribution in [1.82, 2.24) is 20.4 Å². The first-order chi connectivity index (χ1) is 33.8. The van der Waals surface area contributed by atoms with Gasteiger partial charge in [0.2, 0.25) is 18.6 Å². The molecule has 0 aliphatic carbocycles. The highest BCUT2D eigenvalue weighted by molar-refractivity contribution is 6.07. The molecule has 4 aromatic carbocycles. The van der Waals surface area contributed by atoms with E-state index in [1.54, 1.807) is 78.7 Å². The number of rotatable bonds is 16. The SMILES string of the molecule is COc1cc2c(cc1OCCCOc1cc3c(cc1OC)C(=O)N1C=C(c4ccc5c(c4)OCO5)C[C@H]1C=N3)N=C[C@@H]1CC(c3ccc(NC(=O)[C@H](C)NC(=O)[C@@H](NC(=O)O)C(C)C)cc3)=CN1C2=O. The lowest BCUT2D eigenvalue weighted by atomic mass is 10.0. The molecule has 0 unspecified atom stereocenters. The van der Waals surface area contributed by atoms with E-state index in [9.17, 15) is 24.0 Å². The maximum Gasteiger partial charge on any atom is 0.405 e. The number of carbonyl (C=O) groups is 5. The lowest BCUT2D eigenvalue weighted by Crippen LogP contribution is -2.53. The van der Waals surface area contributed by atoms with Crippen LogP contribution in [-0.4, -0.2) is 115 Å². The fourth-order valence-corrected chi connectivity index (χ4v) is 8.72. The molecule has 0 aromatic heterocycles. The van der Waals surface area contributed by atoms with Gasteiger partial charge in [-0.1, -0.05) is 32.0 Å². The van der Waals surface area contributed by atoms with Crippen LogP contribution >= 0.6 is 0 Å². The summed E-state index contributed by atoms with van der Waals surface area (Å²) in [6, 6.07) is 17.0. The summed E-state index contributed by atoms with van der Waals surface area (Å²) in [6.07, 6.45) is 7.41. The van der Waals surface area contributed by atoms with E-state index in [1.165, 1.54) is 21.1 Å². The molecule has 5 aliphatic heterocycles. The van der Waals surface area contributed by atoms with Gasteiger partial charge in [0.1, 0.15) is 12.1 Å². The third kappa shape index (κ3) is 9.54. The minimum Gasteiger partial charge on any atom is -0.493 e. The van der Waals surface area contributed by atoms with Crippen LogP contribution in [0.2, 0.25) is 0 Å². The Morgan fingerprint density at radius 1 is 0.700 bits per heavy atom. The number of nitrogens with one attached hydrogen (secondary N) is 3. The van der Waals surface area contributed by atoms with Crippen molar-refractivity contribution in [3.05, 3.63) is 101 Å². The van der Waals surface area contributed by atoms with Crippen molar-refractivity contribution < 1.29 is 57.5 Å². The van der Waals surface area contributed by atoms with Gasteiger partial charge in [-0.3, -0.25) is 29.2 Å². The number of aliphatic imine (C=N–C) groups is 2. The minimum absolute atomic E-state index is 0.184. The smallest absolute Gasteiger partial charge is 0.405 e. The first-order valence-electron chi connectivity index (χ1n) is 22.7. The Hall–Kier alpha value is -8.35. The van der Waals surface area contributed by atoms with E-state index in [0.29, 0.717) is 81.9 Å². The monoisotopic (exact) mass is 953 g/mol. The topological polar surface area (TPSA) is 228 Å². The van der Waals surface area contributed by atoms with Crippen LogP contribution in [0.4, 0.5) is 21.9 Å². The summed E-state index contributed by atoms with van der Waals surface area (Å²) in [6.45, 7) is 5.59. The highest BCUT2D eigenvalue weighted by Crippen LogP contribution is 2.43. The number of anilines is 1. The van der Waals surface area contributed by atoms with E-state index in [1.807, 2.05) is 36.5 Å². The highest BCUT2D eigenvalue weighted by Gasteiger charge is 2.36. The van der Waals surface area contributed by atoms with Crippen LogP contribution in [0, 0.1) is 5.92 Å². The van der Waals surface area contributed by atoms with Gasteiger partial charge in [-0.25, -0.2) is 4.79 Å². The van der Waals surface area contributed by atoms with Crippen molar-refractivity contribution in [2.24, 2.45) is 15.9 Å². The van der Waals surface area contributed by atoms with Crippen molar-refractivity contribution in [2.75, 3.05) is 39.5 Å². The number of carboxylic acid groups (broad SMARTS) is 1. The van der Waals surface area contributed by atoms with Crippen LogP contribution in [0.25, 0.3) is 11.1 Å². The van der Waals surface area contributed by atoms with Crippen molar-refractivity contribution in [3.63, 3.8) is 0 Å². The summed E-state index contributed by atoms with van der Waals surface area (Å²) in [5, 5.41) is 16.6. The Bertz CT molecular complexity index is 2890. The van der Waals surface area contributed by atoms with E-state index < -0.39 is 30.0 Å². The van der Waals surface area contributed by atoms with Crippen LogP contribution in [-0.2, 0) is 9.59 Å². The van der Waals surface area contributed by atoms with Gasteiger partial charge in [0.25, 0.3) is 11.8 Å². The van der Waals surface area contributed by atoms with Gasteiger partial charge in [-0.15, -0.1) is 0 Å². The lowest BCUT2D eigenvalue weighted by molar-refractivity contribution is -0.128.